The number of aliphatic imine (C=N–C) groups is 1. The summed E-state index contributed by atoms with van der Waals surface area (Å²) in [5, 5.41) is 10.9. The number of amides is 3. The zero-order valence-corrected chi connectivity index (χ0v) is 17.9. The van der Waals surface area contributed by atoms with Crippen molar-refractivity contribution in [1.29, 1.82) is 0 Å². The summed E-state index contributed by atoms with van der Waals surface area (Å²) < 4.78 is 5.40. The number of hydrogen-bond donors (Lipinski definition) is 5. The average Bonchev–Trinajstić information content (AvgIpc) is 3.08. The Hall–Kier alpha value is -2.85. The first kappa shape index (κ1) is 23.4. The normalized spacial score (nSPS) is 32.1. The molecule has 1 saturated heterocycles. The first-order valence-electron chi connectivity index (χ1n) is 10.3. The lowest BCUT2D eigenvalue weighted by atomic mass is 9.98. The van der Waals surface area contributed by atoms with Gasteiger partial charge < -0.3 is 31.7 Å². The van der Waals surface area contributed by atoms with Gasteiger partial charge >= 0.3 is 5.97 Å². The van der Waals surface area contributed by atoms with Crippen molar-refractivity contribution in [2.24, 2.45) is 16.6 Å². The van der Waals surface area contributed by atoms with Crippen molar-refractivity contribution in [3.05, 3.63) is 0 Å². The fraction of sp³-hybridized carbons (Fsp3) is 0.737. The van der Waals surface area contributed by atoms with Crippen molar-refractivity contribution < 1.29 is 23.9 Å². The van der Waals surface area contributed by atoms with E-state index >= 15 is 0 Å². The summed E-state index contributed by atoms with van der Waals surface area (Å²) in [5.41, 5.74) is 5.64. The van der Waals surface area contributed by atoms with Crippen molar-refractivity contribution in [2.75, 3.05) is 6.54 Å². The monoisotopic (exact) mass is 424 g/mol. The molecular formula is C19H32N6O5. The molecule has 1 fully saturated rings. The molecule has 168 valence electrons. The molecule has 0 saturated carbocycles. The largest absolute Gasteiger partial charge is 0.461 e. The molecule has 0 aliphatic carbocycles. The quantitative estimate of drug-likeness (QED) is 0.343. The Bertz CT molecular complexity index is 712. The molecule has 0 aromatic carbocycles. The maximum absolute atomic E-state index is 13.0. The molecule has 0 aromatic rings. The minimum atomic E-state index is -0.951. The Morgan fingerprint density at radius 1 is 1.10 bits per heavy atom. The van der Waals surface area contributed by atoms with Crippen molar-refractivity contribution >= 4 is 29.7 Å². The fourth-order valence-corrected chi connectivity index (χ4v) is 3.32. The number of carbonyl (C=O) groups excluding carboxylic acids is 4. The predicted octanol–water partition coefficient (Wildman–Crippen LogP) is -1.48. The van der Waals surface area contributed by atoms with Crippen LogP contribution in [0.4, 0.5) is 0 Å². The van der Waals surface area contributed by atoms with Crippen LogP contribution in [0.2, 0.25) is 0 Å². The maximum Gasteiger partial charge on any atom is 0.329 e. The average molecular weight is 425 g/mol. The Kier molecular flexibility index (Phi) is 8.01. The van der Waals surface area contributed by atoms with Gasteiger partial charge in [0.15, 0.2) is 5.96 Å². The van der Waals surface area contributed by atoms with Gasteiger partial charge in [0.2, 0.25) is 17.7 Å². The van der Waals surface area contributed by atoms with Crippen molar-refractivity contribution in [1.82, 2.24) is 21.3 Å². The van der Waals surface area contributed by atoms with E-state index in [0.29, 0.717) is 13.0 Å². The van der Waals surface area contributed by atoms with Crippen LogP contribution in [0.1, 0.15) is 47.0 Å². The van der Waals surface area contributed by atoms with Crippen molar-refractivity contribution in [3.63, 3.8) is 0 Å². The number of guanidine groups is 1. The van der Waals surface area contributed by atoms with E-state index < -0.39 is 47.9 Å². The Morgan fingerprint density at radius 3 is 2.40 bits per heavy atom. The number of hydrogen-bond acceptors (Lipinski definition) is 8. The smallest absolute Gasteiger partial charge is 0.329 e. The lowest BCUT2D eigenvalue weighted by molar-refractivity contribution is -0.155. The number of cyclic esters (lactones) is 1. The number of esters is 1. The molecule has 0 radical (unpaired) electrons. The lowest BCUT2D eigenvalue weighted by Gasteiger charge is -2.27. The number of nitrogens with one attached hydrogen (secondary N) is 4. The summed E-state index contributed by atoms with van der Waals surface area (Å²) in [6.07, 6.45) is 0.0467. The Labute approximate surface area is 175 Å². The summed E-state index contributed by atoms with van der Waals surface area (Å²) in [7, 11) is 0. The highest BCUT2D eigenvalue weighted by Crippen LogP contribution is 2.14. The van der Waals surface area contributed by atoms with E-state index in [1.807, 2.05) is 13.8 Å². The van der Waals surface area contributed by atoms with Crippen LogP contribution in [-0.4, -0.2) is 66.5 Å². The van der Waals surface area contributed by atoms with Crippen molar-refractivity contribution in [2.45, 2.75) is 77.2 Å². The third-order valence-corrected chi connectivity index (χ3v) is 5.31. The van der Waals surface area contributed by atoms with Gasteiger partial charge in [-0.3, -0.25) is 19.4 Å². The summed E-state index contributed by atoms with van der Waals surface area (Å²) in [6.45, 7) is 7.20. The Morgan fingerprint density at radius 2 is 1.80 bits per heavy atom. The first-order valence-corrected chi connectivity index (χ1v) is 10.3. The number of nitrogens with two attached hydrogens (primary N) is 1. The topological polar surface area (TPSA) is 164 Å². The van der Waals surface area contributed by atoms with E-state index in [9.17, 15) is 19.2 Å². The fourth-order valence-electron chi connectivity index (χ4n) is 3.32. The molecule has 2 aliphatic heterocycles. The number of rotatable bonds is 4. The molecule has 6 unspecified atom stereocenters. The minimum absolute atomic E-state index is 0.0867. The SMILES string of the molecule is CCC(C)C1NC(=O)C(CC2CN=C(N)N2)NC(=O)C(C)NC(=O)CC(C)OC1=O. The third kappa shape index (κ3) is 6.33. The van der Waals surface area contributed by atoms with E-state index in [1.165, 1.54) is 6.92 Å². The molecule has 6 N–H and O–H groups in total. The second kappa shape index (κ2) is 10.3. The van der Waals surface area contributed by atoms with Gasteiger partial charge in [0.25, 0.3) is 0 Å². The van der Waals surface area contributed by atoms with Crippen LogP contribution >= 0.6 is 0 Å². The Balaban J connectivity index is 2.27. The predicted molar refractivity (Wildman–Crippen MR) is 109 cm³/mol. The molecule has 11 nitrogen and oxygen atoms in total. The molecule has 0 bridgehead atoms. The van der Waals surface area contributed by atoms with Crippen LogP contribution in [0.3, 0.4) is 0 Å². The molecule has 11 heteroatoms. The minimum Gasteiger partial charge on any atom is -0.461 e. The molecular weight excluding hydrogens is 392 g/mol. The second-order valence-electron chi connectivity index (χ2n) is 7.98. The number of carbonyl (C=O) groups is 4. The van der Waals surface area contributed by atoms with E-state index in [0.717, 1.165) is 0 Å². The van der Waals surface area contributed by atoms with Gasteiger partial charge in [-0.2, -0.15) is 0 Å². The van der Waals surface area contributed by atoms with E-state index in [-0.39, 0.29) is 30.8 Å². The second-order valence-corrected chi connectivity index (χ2v) is 7.98. The van der Waals surface area contributed by atoms with Crippen LogP contribution in [0.5, 0.6) is 0 Å². The van der Waals surface area contributed by atoms with Gasteiger partial charge in [-0.1, -0.05) is 20.3 Å². The van der Waals surface area contributed by atoms with Gasteiger partial charge in [0.05, 0.1) is 19.0 Å². The first-order chi connectivity index (χ1) is 14.1. The number of nitrogens with zero attached hydrogens (tertiary/aromatic N) is 1. The molecule has 0 spiro atoms. The zero-order valence-electron chi connectivity index (χ0n) is 17.9. The summed E-state index contributed by atoms with van der Waals surface area (Å²) >= 11 is 0. The highest BCUT2D eigenvalue weighted by Gasteiger charge is 2.35. The van der Waals surface area contributed by atoms with E-state index in [4.69, 9.17) is 10.5 Å². The van der Waals surface area contributed by atoms with Gasteiger partial charge in [-0.25, -0.2) is 4.79 Å². The molecule has 3 amide bonds. The van der Waals surface area contributed by atoms with Crippen LogP contribution < -0.4 is 27.0 Å². The van der Waals surface area contributed by atoms with Gasteiger partial charge in [0.1, 0.15) is 24.2 Å². The van der Waals surface area contributed by atoms with Gasteiger partial charge in [-0.05, 0) is 26.2 Å². The van der Waals surface area contributed by atoms with Crippen molar-refractivity contribution in [3.8, 4) is 0 Å². The van der Waals surface area contributed by atoms with E-state index in [2.05, 4.69) is 26.3 Å². The molecule has 0 aromatic heterocycles. The van der Waals surface area contributed by atoms with Gasteiger partial charge in [-0.15, -0.1) is 0 Å². The molecule has 30 heavy (non-hydrogen) atoms. The van der Waals surface area contributed by atoms with Crippen LogP contribution in [0.25, 0.3) is 0 Å². The van der Waals surface area contributed by atoms with E-state index in [1.54, 1.807) is 6.92 Å². The summed E-state index contributed by atoms with van der Waals surface area (Å²) in [5.74, 6) is -1.98. The van der Waals surface area contributed by atoms with Crippen LogP contribution in [0, 0.1) is 5.92 Å². The summed E-state index contributed by atoms with van der Waals surface area (Å²) in [6, 6.07) is -2.95. The van der Waals surface area contributed by atoms with Crippen LogP contribution in [0.15, 0.2) is 4.99 Å². The molecule has 2 heterocycles. The highest BCUT2D eigenvalue weighted by atomic mass is 16.5. The zero-order chi connectivity index (χ0) is 22.4. The maximum atomic E-state index is 13.0. The molecule has 2 aliphatic rings. The highest BCUT2D eigenvalue weighted by molar-refractivity contribution is 5.94. The van der Waals surface area contributed by atoms with Crippen LogP contribution in [-0.2, 0) is 23.9 Å². The lowest BCUT2D eigenvalue weighted by Crippen LogP contribution is -2.57. The standard InChI is InChI=1S/C19H32N6O5/c1-5-9(2)15-18(29)30-10(3)6-14(26)22-11(4)16(27)24-13(17(28)25-15)7-12-8-21-19(20)23-12/h9-13,15H,5-8H2,1-4H3,(H,22,26)(H,24,27)(H,25,28)(H3,20,21,23). The molecule has 2 rings (SSSR count). The summed E-state index contributed by atoms with van der Waals surface area (Å²) in [4.78, 5) is 54.6. The third-order valence-electron chi connectivity index (χ3n) is 5.31. The number of ether oxygens (including phenoxy) is 1. The molecule has 6 atom stereocenters. The van der Waals surface area contributed by atoms with Gasteiger partial charge in [0, 0.05) is 0 Å².